The van der Waals surface area contributed by atoms with Gasteiger partial charge in [0.15, 0.2) is 0 Å². The second-order valence-corrected chi connectivity index (χ2v) is 5.24. The highest BCUT2D eigenvalue weighted by molar-refractivity contribution is 7.98. The van der Waals surface area contributed by atoms with Crippen LogP contribution in [-0.2, 0) is 5.41 Å². The van der Waals surface area contributed by atoms with Gasteiger partial charge in [0, 0.05) is 5.41 Å². The quantitative estimate of drug-likeness (QED) is 0.827. The minimum Gasteiger partial charge on any atom is -0.395 e. The maximum absolute atomic E-state index is 13.6. The zero-order valence-electron chi connectivity index (χ0n) is 8.97. The lowest BCUT2D eigenvalue weighted by molar-refractivity contribution is 0.218. The zero-order chi connectivity index (χ0) is 11.6. The third kappa shape index (κ3) is 2.65. The van der Waals surface area contributed by atoms with Crippen LogP contribution in [0.1, 0.15) is 19.4 Å². The summed E-state index contributed by atoms with van der Waals surface area (Å²) in [6.07, 6.45) is 1.78. The van der Waals surface area contributed by atoms with E-state index in [1.54, 1.807) is 12.3 Å². The number of hydrogen-bond acceptors (Lipinski definition) is 2. The molecule has 1 rings (SSSR count). The number of halogens is 2. The van der Waals surface area contributed by atoms with Crippen LogP contribution in [0.4, 0.5) is 4.39 Å². The number of benzene rings is 1. The summed E-state index contributed by atoms with van der Waals surface area (Å²) in [5, 5.41) is 9.59. The molecule has 0 aliphatic heterocycles. The number of rotatable bonds is 3. The van der Waals surface area contributed by atoms with Crippen molar-refractivity contribution in [2.45, 2.75) is 24.2 Å². The molecule has 1 N–H and O–H groups in total. The van der Waals surface area contributed by atoms with Crippen molar-refractivity contribution in [3.63, 3.8) is 0 Å². The van der Waals surface area contributed by atoms with Crippen LogP contribution in [0, 0.1) is 5.82 Å². The molecule has 0 atom stereocenters. The molecular formula is C11H14ClFOS. The Morgan fingerprint density at radius 1 is 1.47 bits per heavy atom. The molecule has 0 bridgehead atoms. The summed E-state index contributed by atoms with van der Waals surface area (Å²) in [6.45, 7) is 3.65. The number of aliphatic hydroxyl groups excluding tert-OH is 1. The van der Waals surface area contributed by atoms with Crippen molar-refractivity contribution in [2.24, 2.45) is 0 Å². The van der Waals surface area contributed by atoms with Crippen molar-refractivity contribution in [1.82, 2.24) is 0 Å². The lowest BCUT2D eigenvalue weighted by Crippen LogP contribution is -2.22. The molecule has 0 radical (unpaired) electrons. The molecule has 0 amide bonds. The van der Waals surface area contributed by atoms with Crippen LogP contribution in [0.15, 0.2) is 17.0 Å². The second-order valence-electron chi connectivity index (χ2n) is 4.02. The lowest BCUT2D eigenvalue weighted by atomic mass is 9.86. The van der Waals surface area contributed by atoms with Gasteiger partial charge in [-0.25, -0.2) is 4.39 Å². The first kappa shape index (κ1) is 12.8. The Labute approximate surface area is 98.6 Å². The summed E-state index contributed by atoms with van der Waals surface area (Å²) in [4.78, 5) is 0.453. The molecule has 1 nitrogen and oxygen atoms in total. The van der Waals surface area contributed by atoms with Crippen molar-refractivity contribution >= 4 is 23.4 Å². The van der Waals surface area contributed by atoms with Gasteiger partial charge < -0.3 is 5.11 Å². The maximum atomic E-state index is 13.6. The normalized spacial score (nSPS) is 11.9. The SMILES string of the molecule is CSc1c(F)cc(C(C)(C)CO)cc1Cl. The van der Waals surface area contributed by atoms with Crippen LogP contribution in [0.2, 0.25) is 5.02 Å². The van der Waals surface area contributed by atoms with E-state index in [-0.39, 0.29) is 12.4 Å². The Hall–Kier alpha value is -0.250. The Bertz CT molecular complexity index is 343. The van der Waals surface area contributed by atoms with E-state index in [0.717, 1.165) is 0 Å². The zero-order valence-corrected chi connectivity index (χ0v) is 10.5. The fourth-order valence-corrected chi connectivity index (χ4v) is 2.18. The third-order valence-electron chi connectivity index (χ3n) is 2.38. The van der Waals surface area contributed by atoms with Crippen molar-refractivity contribution in [1.29, 1.82) is 0 Å². The van der Waals surface area contributed by atoms with Crippen molar-refractivity contribution in [3.05, 3.63) is 28.5 Å². The van der Waals surface area contributed by atoms with Gasteiger partial charge in [-0.3, -0.25) is 0 Å². The van der Waals surface area contributed by atoms with Crippen LogP contribution < -0.4 is 0 Å². The first-order valence-electron chi connectivity index (χ1n) is 4.56. The summed E-state index contributed by atoms with van der Waals surface area (Å²) >= 11 is 7.23. The predicted octanol–water partition coefficient (Wildman–Crippen LogP) is 3.47. The molecule has 1 aromatic carbocycles. The highest BCUT2D eigenvalue weighted by atomic mass is 35.5. The molecule has 0 aromatic heterocycles. The summed E-state index contributed by atoms with van der Waals surface area (Å²) in [7, 11) is 0. The van der Waals surface area contributed by atoms with Gasteiger partial charge in [0.1, 0.15) is 5.82 Å². The monoisotopic (exact) mass is 248 g/mol. The number of thioether (sulfide) groups is 1. The number of aliphatic hydroxyl groups is 1. The smallest absolute Gasteiger partial charge is 0.138 e. The molecule has 0 spiro atoms. The van der Waals surface area contributed by atoms with E-state index < -0.39 is 5.41 Å². The molecule has 0 heterocycles. The maximum Gasteiger partial charge on any atom is 0.138 e. The van der Waals surface area contributed by atoms with Gasteiger partial charge in [0.2, 0.25) is 0 Å². The molecule has 0 unspecified atom stereocenters. The molecule has 15 heavy (non-hydrogen) atoms. The van der Waals surface area contributed by atoms with Gasteiger partial charge in [-0.05, 0) is 24.0 Å². The molecule has 4 heteroatoms. The van der Waals surface area contributed by atoms with Crippen LogP contribution in [0.5, 0.6) is 0 Å². The second kappa shape index (κ2) is 4.73. The average Bonchev–Trinajstić information content (AvgIpc) is 2.17. The van der Waals surface area contributed by atoms with Gasteiger partial charge in [0.25, 0.3) is 0 Å². The minimum absolute atomic E-state index is 0.0403. The number of hydrogen-bond donors (Lipinski definition) is 1. The van der Waals surface area contributed by atoms with Crippen LogP contribution in [0.25, 0.3) is 0 Å². The molecule has 0 saturated heterocycles. The standard InChI is InChI=1S/C11H14ClFOS/c1-11(2,6-14)7-4-8(12)10(15-3)9(13)5-7/h4-5,14H,6H2,1-3H3. The lowest BCUT2D eigenvalue weighted by Gasteiger charge is -2.23. The van der Waals surface area contributed by atoms with Crippen LogP contribution >= 0.6 is 23.4 Å². The Morgan fingerprint density at radius 3 is 2.47 bits per heavy atom. The Balaban J connectivity index is 3.26. The molecule has 84 valence electrons. The van der Waals surface area contributed by atoms with Gasteiger partial charge in [-0.1, -0.05) is 25.4 Å². The molecule has 0 aliphatic rings. The van der Waals surface area contributed by atoms with Crippen molar-refractivity contribution in [2.75, 3.05) is 12.9 Å². The van der Waals surface area contributed by atoms with Gasteiger partial charge in [0.05, 0.1) is 16.5 Å². The molecular weight excluding hydrogens is 235 g/mol. The fraction of sp³-hybridized carbons (Fsp3) is 0.455. The Morgan fingerprint density at radius 2 is 2.07 bits per heavy atom. The Kier molecular flexibility index (Phi) is 4.04. The van der Waals surface area contributed by atoms with Crippen LogP contribution in [-0.4, -0.2) is 18.0 Å². The van der Waals surface area contributed by atoms with E-state index in [2.05, 4.69) is 0 Å². The van der Waals surface area contributed by atoms with Crippen molar-refractivity contribution < 1.29 is 9.50 Å². The largest absolute Gasteiger partial charge is 0.395 e. The van der Waals surface area contributed by atoms with Crippen molar-refractivity contribution in [3.8, 4) is 0 Å². The molecule has 0 aliphatic carbocycles. The minimum atomic E-state index is -0.471. The summed E-state index contributed by atoms with van der Waals surface area (Å²) in [5.41, 5.74) is 0.242. The van der Waals surface area contributed by atoms with E-state index in [9.17, 15) is 9.50 Å². The average molecular weight is 249 g/mol. The molecule has 0 saturated carbocycles. The van der Waals surface area contributed by atoms with Crippen LogP contribution in [0.3, 0.4) is 0 Å². The van der Waals surface area contributed by atoms with E-state index in [4.69, 9.17) is 11.6 Å². The van der Waals surface area contributed by atoms with E-state index in [1.807, 2.05) is 13.8 Å². The van der Waals surface area contributed by atoms with Gasteiger partial charge in [-0.2, -0.15) is 0 Å². The van der Waals surface area contributed by atoms with E-state index >= 15 is 0 Å². The van der Waals surface area contributed by atoms with Gasteiger partial charge in [-0.15, -0.1) is 11.8 Å². The molecule has 0 fully saturated rings. The first-order valence-corrected chi connectivity index (χ1v) is 6.17. The highest BCUT2D eigenvalue weighted by Gasteiger charge is 2.22. The summed E-state index contributed by atoms with van der Waals surface area (Å²) in [5.74, 6) is -0.327. The first-order chi connectivity index (χ1) is 6.92. The fourth-order valence-electron chi connectivity index (χ4n) is 1.24. The highest BCUT2D eigenvalue weighted by Crippen LogP contribution is 2.33. The predicted molar refractivity (Wildman–Crippen MR) is 63.3 cm³/mol. The topological polar surface area (TPSA) is 20.2 Å². The molecule has 1 aromatic rings. The van der Waals surface area contributed by atoms with Gasteiger partial charge >= 0.3 is 0 Å². The summed E-state index contributed by atoms with van der Waals surface area (Å²) in [6, 6.07) is 3.15. The van der Waals surface area contributed by atoms with E-state index in [1.165, 1.54) is 17.8 Å². The third-order valence-corrected chi connectivity index (χ3v) is 3.61. The summed E-state index contributed by atoms with van der Waals surface area (Å²) < 4.78 is 13.6. The van der Waals surface area contributed by atoms with E-state index in [0.29, 0.717) is 15.5 Å².